The van der Waals surface area contributed by atoms with Gasteiger partial charge in [0.15, 0.2) is 0 Å². The summed E-state index contributed by atoms with van der Waals surface area (Å²) in [7, 11) is 1.18. The molecule has 1 atom stereocenters. The molecular weight excluding hydrogens is 527 g/mol. The first kappa shape index (κ1) is 28.6. The molecule has 0 saturated carbocycles. The number of carbonyl (C=O) groups excluding carboxylic acids is 1. The Morgan fingerprint density at radius 2 is 1.98 bits per heavy atom. The third-order valence-electron chi connectivity index (χ3n) is 6.70. The molecule has 0 fully saturated rings. The number of unbranched alkanes of at least 4 members (excludes halogenated alkanes) is 1. The molecule has 0 amide bonds. The number of esters is 1. The Morgan fingerprint density at radius 3 is 2.65 bits per heavy atom. The fraction of sp³-hybridized carbons (Fsp3) is 0.357. The fourth-order valence-electron chi connectivity index (χ4n) is 4.77. The topological polar surface area (TPSA) is 113 Å². The van der Waals surface area contributed by atoms with Gasteiger partial charge in [0.1, 0.15) is 6.04 Å². The maximum atomic E-state index is 13.5. The fourth-order valence-corrected chi connectivity index (χ4v) is 4.77. The van der Waals surface area contributed by atoms with Gasteiger partial charge in [0, 0.05) is 18.0 Å². The number of rotatable bonds is 9. The first-order valence-corrected chi connectivity index (χ1v) is 12.7. The van der Waals surface area contributed by atoms with Crippen LogP contribution in [0.1, 0.15) is 55.0 Å². The second kappa shape index (κ2) is 11.8. The van der Waals surface area contributed by atoms with Crippen LogP contribution >= 0.6 is 0 Å². The highest BCUT2D eigenvalue weighted by Crippen LogP contribution is 2.43. The highest BCUT2D eigenvalue weighted by atomic mass is 19.4. The Bertz CT molecular complexity index is 1530. The number of nitrogens with one attached hydrogen (secondary N) is 1. The standard InChI is InChI=1S/C28H28F3N5O4/c1-4-5-12-40-13-11-19-14-18(16-32)9-10-22(19)24-23(25(37)39-3)17(2)35(26-33-34-27(38)36(24)26)21-8-6-7-20(15-21)28(29,30)31/h6-10,14-15,24H,4-5,11-13H2,1-3H3,(H,34,38). The van der Waals surface area contributed by atoms with Crippen LogP contribution in [0.3, 0.4) is 0 Å². The molecule has 1 N–H and O–H groups in total. The first-order chi connectivity index (χ1) is 19.1. The number of nitriles is 1. The summed E-state index contributed by atoms with van der Waals surface area (Å²) in [6, 6.07) is 10.5. The number of alkyl halides is 3. The minimum atomic E-state index is -4.61. The van der Waals surface area contributed by atoms with Crippen LogP contribution in [0.15, 0.2) is 58.5 Å². The van der Waals surface area contributed by atoms with Gasteiger partial charge in [0.05, 0.1) is 36.5 Å². The minimum absolute atomic E-state index is 0.00557. The molecule has 0 saturated heterocycles. The van der Waals surface area contributed by atoms with E-state index in [-0.39, 0.29) is 22.9 Å². The molecule has 0 aliphatic carbocycles. The first-order valence-electron chi connectivity index (χ1n) is 12.7. The summed E-state index contributed by atoms with van der Waals surface area (Å²) in [5.74, 6) is -0.776. The normalized spacial score (nSPS) is 15.1. The highest BCUT2D eigenvalue weighted by molar-refractivity contribution is 5.93. The second-order valence-electron chi connectivity index (χ2n) is 9.22. The van der Waals surface area contributed by atoms with Gasteiger partial charge in [-0.25, -0.2) is 19.3 Å². The Hall–Kier alpha value is -4.37. The van der Waals surface area contributed by atoms with E-state index < -0.39 is 29.4 Å². The Kier molecular flexibility index (Phi) is 8.44. The van der Waals surface area contributed by atoms with Crippen molar-refractivity contribution in [2.24, 2.45) is 0 Å². The summed E-state index contributed by atoms with van der Waals surface area (Å²) >= 11 is 0. The van der Waals surface area contributed by atoms with E-state index in [0.29, 0.717) is 36.3 Å². The zero-order valence-electron chi connectivity index (χ0n) is 22.2. The number of allylic oxidation sites excluding steroid dienone is 1. The van der Waals surface area contributed by atoms with Crippen molar-refractivity contribution in [3.8, 4) is 6.07 Å². The number of halogens is 3. The zero-order chi connectivity index (χ0) is 29.0. The van der Waals surface area contributed by atoms with E-state index >= 15 is 0 Å². The Morgan fingerprint density at radius 1 is 1.20 bits per heavy atom. The van der Waals surface area contributed by atoms with Gasteiger partial charge in [-0.1, -0.05) is 25.5 Å². The largest absolute Gasteiger partial charge is 0.466 e. The van der Waals surface area contributed by atoms with Gasteiger partial charge in [-0.15, -0.1) is 5.10 Å². The number of aromatic nitrogens is 3. The minimum Gasteiger partial charge on any atom is -0.466 e. The number of nitrogens with zero attached hydrogens (tertiary/aromatic N) is 4. The molecule has 0 bridgehead atoms. The Labute approximate surface area is 228 Å². The molecule has 0 radical (unpaired) electrons. The molecule has 9 nitrogen and oxygen atoms in total. The number of hydrogen-bond donors (Lipinski definition) is 1. The predicted molar refractivity (Wildman–Crippen MR) is 140 cm³/mol. The molecule has 1 unspecified atom stereocenters. The summed E-state index contributed by atoms with van der Waals surface area (Å²) in [5, 5.41) is 16.0. The zero-order valence-corrected chi connectivity index (χ0v) is 22.2. The van der Waals surface area contributed by atoms with Crippen LogP contribution in [-0.4, -0.2) is 41.1 Å². The molecular formula is C28H28F3N5O4. The number of fused-ring (bicyclic) bond motifs is 1. The van der Waals surface area contributed by atoms with E-state index in [4.69, 9.17) is 9.47 Å². The quantitative estimate of drug-likeness (QED) is 0.292. The molecule has 12 heteroatoms. The molecule has 2 aromatic carbocycles. The van der Waals surface area contributed by atoms with Gasteiger partial charge in [-0.05, 0) is 61.2 Å². The summed E-state index contributed by atoms with van der Waals surface area (Å²) in [6.07, 6.45) is -2.36. The number of benzene rings is 2. The average molecular weight is 556 g/mol. The van der Waals surface area contributed by atoms with Crippen LogP contribution in [0, 0.1) is 11.3 Å². The van der Waals surface area contributed by atoms with E-state index in [1.165, 1.54) is 28.7 Å². The number of H-pyrrole nitrogens is 1. The lowest BCUT2D eigenvalue weighted by Crippen LogP contribution is -2.38. The monoisotopic (exact) mass is 555 g/mol. The van der Waals surface area contributed by atoms with Crippen molar-refractivity contribution in [1.82, 2.24) is 14.8 Å². The van der Waals surface area contributed by atoms with Crippen molar-refractivity contribution in [3.63, 3.8) is 0 Å². The van der Waals surface area contributed by atoms with E-state index in [1.807, 2.05) is 6.92 Å². The van der Waals surface area contributed by atoms with Gasteiger partial charge in [0.2, 0.25) is 5.95 Å². The summed E-state index contributed by atoms with van der Waals surface area (Å²) in [4.78, 5) is 27.7. The molecule has 0 spiro atoms. The molecule has 4 rings (SSSR count). The predicted octanol–water partition coefficient (Wildman–Crippen LogP) is 5.01. The van der Waals surface area contributed by atoms with E-state index in [0.717, 1.165) is 25.0 Å². The maximum absolute atomic E-state index is 13.5. The van der Waals surface area contributed by atoms with Crippen LogP contribution in [0.2, 0.25) is 0 Å². The van der Waals surface area contributed by atoms with Crippen molar-refractivity contribution >= 4 is 17.6 Å². The molecule has 1 aromatic heterocycles. The Balaban J connectivity index is 1.92. The van der Waals surface area contributed by atoms with E-state index in [2.05, 4.69) is 16.3 Å². The lowest BCUT2D eigenvalue weighted by molar-refractivity contribution is -0.138. The number of carbonyl (C=O) groups is 1. The highest BCUT2D eigenvalue weighted by Gasteiger charge is 2.41. The molecule has 210 valence electrons. The molecule has 1 aliphatic rings. The third kappa shape index (κ3) is 5.51. The van der Waals surface area contributed by atoms with Crippen molar-refractivity contribution in [2.45, 2.75) is 45.3 Å². The van der Waals surface area contributed by atoms with Crippen LogP contribution < -0.4 is 10.6 Å². The van der Waals surface area contributed by atoms with Gasteiger partial charge in [0.25, 0.3) is 0 Å². The van der Waals surface area contributed by atoms with Gasteiger partial charge >= 0.3 is 17.8 Å². The lowest BCUT2D eigenvalue weighted by Gasteiger charge is -2.36. The number of hydrogen-bond acceptors (Lipinski definition) is 7. The van der Waals surface area contributed by atoms with Gasteiger partial charge < -0.3 is 9.47 Å². The van der Waals surface area contributed by atoms with Crippen molar-refractivity contribution < 1.29 is 27.4 Å². The van der Waals surface area contributed by atoms with Crippen molar-refractivity contribution in [1.29, 1.82) is 5.26 Å². The van der Waals surface area contributed by atoms with Crippen LogP contribution in [0.4, 0.5) is 24.8 Å². The number of aromatic amines is 1. The van der Waals surface area contributed by atoms with Crippen molar-refractivity contribution in [3.05, 3.63) is 86.5 Å². The van der Waals surface area contributed by atoms with Crippen LogP contribution in [0.25, 0.3) is 0 Å². The van der Waals surface area contributed by atoms with Gasteiger partial charge in [-0.2, -0.15) is 18.4 Å². The van der Waals surface area contributed by atoms with Crippen LogP contribution in [-0.2, 0) is 26.9 Å². The molecule has 3 aromatic rings. The van der Waals surface area contributed by atoms with Crippen LogP contribution in [0.5, 0.6) is 0 Å². The molecule has 40 heavy (non-hydrogen) atoms. The van der Waals surface area contributed by atoms with E-state index in [9.17, 15) is 28.0 Å². The average Bonchev–Trinajstić information content (AvgIpc) is 3.32. The maximum Gasteiger partial charge on any atom is 0.416 e. The summed E-state index contributed by atoms with van der Waals surface area (Å²) < 4.78 is 52.6. The number of anilines is 2. The second-order valence-corrected chi connectivity index (χ2v) is 9.22. The molecule has 1 aliphatic heterocycles. The smallest absolute Gasteiger partial charge is 0.416 e. The SMILES string of the molecule is CCCCOCCc1cc(C#N)ccc1C1C(C(=O)OC)=C(C)N(c2cccc(C(F)(F)F)c2)c2n[nH]c(=O)n21. The number of methoxy groups -OCH3 is 1. The summed E-state index contributed by atoms with van der Waals surface area (Å²) in [6.45, 7) is 4.51. The molecule has 2 heterocycles. The lowest BCUT2D eigenvalue weighted by atomic mass is 9.89. The number of ether oxygens (including phenoxy) is 2. The van der Waals surface area contributed by atoms with Gasteiger partial charge in [-0.3, -0.25) is 4.90 Å². The third-order valence-corrected chi connectivity index (χ3v) is 6.70. The summed E-state index contributed by atoms with van der Waals surface area (Å²) in [5.41, 5.74) is 0.325. The van der Waals surface area contributed by atoms with Crippen molar-refractivity contribution in [2.75, 3.05) is 25.2 Å². The van der Waals surface area contributed by atoms with E-state index in [1.54, 1.807) is 25.1 Å².